The summed E-state index contributed by atoms with van der Waals surface area (Å²) in [6, 6.07) is 6.96. The van der Waals surface area contributed by atoms with Crippen LogP contribution in [0, 0.1) is 0 Å². The average Bonchev–Trinajstić information content (AvgIpc) is 2.89. The van der Waals surface area contributed by atoms with Crippen LogP contribution in [0.2, 0.25) is 0 Å². The third-order valence-electron chi connectivity index (χ3n) is 2.54. The van der Waals surface area contributed by atoms with E-state index >= 15 is 0 Å². The minimum absolute atomic E-state index is 0.0597. The lowest BCUT2D eigenvalue weighted by Crippen LogP contribution is -2.39. The molecule has 1 aromatic carbocycles. The molecule has 0 spiro atoms. The number of fused-ring (bicyclic) bond motifs is 1. The van der Waals surface area contributed by atoms with Gasteiger partial charge < -0.3 is 10.1 Å². The predicted molar refractivity (Wildman–Crippen MR) is 77.6 cm³/mol. The Morgan fingerprint density at radius 1 is 1.29 bits per heavy atom. The normalized spacial score (nSPS) is 11.1. The Morgan fingerprint density at radius 2 is 2.00 bits per heavy atom. The van der Waals surface area contributed by atoms with E-state index in [1.807, 2.05) is 4.72 Å². The van der Waals surface area contributed by atoms with Crippen LogP contribution < -0.4 is 10.0 Å². The van der Waals surface area contributed by atoms with Gasteiger partial charge in [0, 0.05) is 10.8 Å². The summed E-state index contributed by atoms with van der Waals surface area (Å²) in [5.74, 6) is -0.849. The molecule has 0 unspecified atom stereocenters. The maximum Gasteiger partial charge on any atom is 0.407 e. The van der Waals surface area contributed by atoms with Crippen LogP contribution in [-0.4, -0.2) is 34.1 Å². The molecule has 9 heteroatoms. The Kier molecular flexibility index (Phi) is 4.43. The Balaban J connectivity index is 2.15. The van der Waals surface area contributed by atoms with Gasteiger partial charge in [-0.05, 0) is 5.39 Å². The molecule has 21 heavy (non-hydrogen) atoms. The molecule has 0 saturated heterocycles. The predicted octanol–water partition coefficient (Wildman–Crippen LogP) is 1.06. The summed E-state index contributed by atoms with van der Waals surface area (Å²) < 4.78 is 30.6. The van der Waals surface area contributed by atoms with Crippen molar-refractivity contribution in [3.8, 4) is 0 Å². The van der Waals surface area contributed by atoms with Crippen LogP contribution in [0.15, 0.2) is 33.9 Å². The smallest absolute Gasteiger partial charge is 0.407 e. The van der Waals surface area contributed by atoms with Gasteiger partial charge in [-0.15, -0.1) is 11.3 Å². The molecule has 0 aliphatic carbocycles. The van der Waals surface area contributed by atoms with Crippen LogP contribution in [0.5, 0.6) is 0 Å². The number of sulfonamides is 1. The highest BCUT2D eigenvalue weighted by molar-refractivity contribution is 7.92. The molecule has 2 N–H and O–H groups in total. The van der Waals surface area contributed by atoms with E-state index in [1.165, 1.54) is 0 Å². The van der Waals surface area contributed by atoms with Gasteiger partial charge in [0.1, 0.15) is 10.8 Å². The second-order valence-corrected chi connectivity index (χ2v) is 6.74. The van der Waals surface area contributed by atoms with Gasteiger partial charge in [-0.2, -0.15) is 0 Å². The largest absolute Gasteiger partial charge is 0.453 e. The number of hydrogen-bond acceptors (Lipinski definition) is 6. The third-order valence-corrected chi connectivity index (χ3v) is 5.50. The highest BCUT2D eigenvalue weighted by Gasteiger charge is 2.22. The summed E-state index contributed by atoms with van der Waals surface area (Å²) in [4.78, 5) is 22.4. The van der Waals surface area contributed by atoms with Crippen LogP contribution >= 0.6 is 11.3 Å². The zero-order valence-corrected chi connectivity index (χ0v) is 12.6. The Bertz CT molecular complexity index is 782. The molecular formula is C12H12N2O5S2. The third kappa shape index (κ3) is 3.50. The van der Waals surface area contributed by atoms with Crippen molar-refractivity contribution in [3.05, 3.63) is 29.6 Å². The molecule has 2 rings (SSSR count). The van der Waals surface area contributed by atoms with E-state index in [4.69, 9.17) is 0 Å². The summed E-state index contributed by atoms with van der Waals surface area (Å²) in [6.07, 6.45) is -0.816. The van der Waals surface area contributed by atoms with Crippen molar-refractivity contribution in [1.82, 2.24) is 10.0 Å². The van der Waals surface area contributed by atoms with Crippen LogP contribution in [0.1, 0.15) is 0 Å². The number of ether oxygens (including phenoxy) is 1. The molecule has 2 amide bonds. The molecule has 0 aliphatic heterocycles. The molecule has 0 bridgehead atoms. The lowest BCUT2D eigenvalue weighted by atomic mass is 10.2. The van der Waals surface area contributed by atoms with Crippen molar-refractivity contribution in [1.29, 1.82) is 0 Å². The molecule has 7 nitrogen and oxygen atoms in total. The molecular weight excluding hydrogens is 316 g/mol. The fraction of sp³-hybridized carbons (Fsp3) is 0.167. The molecule has 0 aliphatic rings. The first-order valence-corrected chi connectivity index (χ1v) is 8.14. The second-order valence-electron chi connectivity index (χ2n) is 3.98. The van der Waals surface area contributed by atoms with Crippen molar-refractivity contribution in [2.75, 3.05) is 13.7 Å². The number of methoxy groups -OCH3 is 1. The van der Waals surface area contributed by atoms with Gasteiger partial charge in [-0.3, -0.25) is 4.79 Å². The molecule has 2 aromatic rings. The number of carbonyl (C=O) groups excluding carboxylic acids is 2. The number of alkyl carbamates (subject to hydrolysis) is 1. The minimum Gasteiger partial charge on any atom is -0.453 e. The van der Waals surface area contributed by atoms with Crippen molar-refractivity contribution < 1.29 is 22.7 Å². The van der Waals surface area contributed by atoms with Gasteiger partial charge in [0.05, 0.1) is 7.11 Å². The monoisotopic (exact) mass is 328 g/mol. The van der Waals surface area contributed by atoms with E-state index in [1.54, 1.807) is 29.6 Å². The molecule has 112 valence electrons. The van der Waals surface area contributed by atoms with Crippen LogP contribution in [0.3, 0.4) is 0 Å². The van der Waals surface area contributed by atoms with E-state index in [0.717, 1.165) is 23.8 Å². The summed E-state index contributed by atoms with van der Waals surface area (Å²) >= 11 is 1.03. The molecule has 0 atom stereocenters. The fourth-order valence-corrected chi connectivity index (χ4v) is 4.10. The fourth-order valence-electron chi connectivity index (χ4n) is 1.63. The van der Waals surface area contributed by atoms with E-state index in [0.29, 0.717) is 5.39 Å². The number of amides is 2. The number of hydrogen-bond donors (Lipinski definition) is 2. The maximum absolute atomic E-state index is 12.2. The van der Waals surface area contributed by atoms with Gasteiger partial charge in [0.25, 0.3) is 15.9 Å². The number of rotatable bonds is 4. The highest BCUT2D eigenvalue weighted by atomic mass is 32.2. The lowest BCUT2D eigenvalue weighted by Gasteiger charge is -2.06. The summed E-state index contributed by atoms with van der Waals surface area (Å²) in [5.41, 5.74) is 0. The van der Waals surface area contributed by atoms with Crippen LogP contribution in [-0.2, 0) is 19.6 Å². The Morgan fingerprint density at radius 3 is 2.71 bits per heavy atom. The first-order valence-electron chi connectivity index (χ1n) is 5.78. The van der Waals surface area contributed by atoms with E-state index < -0.39 is 28.6 Å². The molecule has 0 fully saturated rings. The average molecular weight is 328 g/mol. The quantitative estimate of drug-likeness (QED) is 0.874. The first-order chi connectivity index (χ1) is 9.94. The number of nitrogens with one attached hydrogen (secondary N) is 2. The van der Waals surface area contributed by atoms with Crippen molar-refractivity contribution in [2.45, 2.75) is 4.21 Å². The summed E-state index contributed by atoms with van der Waals surface area (Å²) in [5, 5.41) is 5.12. The Hall–Kier alpha value is -2.13. The summed E-state index contributed by atoms with van der Waals surface area (Å²) in [7, 11) is -2.83. The second kappa shape index (κ2) is 6.10. The van der Waals surface area contributed by atoms with Gasteiger partial charge in [0.15, 0.2) is 0 Å². The molecule has 1 heterocycles. The highest BCUT2D eigenvalue weighted by Crippen LogP contribution is 2.29. The van der Waals surface area contributed by atoms with Gasteiger partial charge in [-0.25, -0.2) is 17.9 Å². The first kappa shape index (κ1) is 15.3. The number of carbonyl (C=O) groups is 2. The maximum atomic E-state index is 12.2. The van der Waals surface area contributed by atoms with Crippen molar-refractivity contribution >= 4 is 44.1 Å². The van der Waals surface area contributed by atoms with Crippen LogP contribution in [0.4, 0.5) is 4.79 Å². The van der Waals surface area contributed by atoms with Crippen molar-refractivity contribution in [2.24, 2.45) is 0 Å². The van der Waals surface area contributed by atoms with Crippen LogP contribution in [0.25, 0.3) is 10.8 Å². The number of thiophene rings is 1. The van der Waals surface area contributed by atoms with E-state index in [9.17, 15) is 18.0 Å². The van der Waals surface area contributed by atoms with Crippen molar-refractivity contribution in [3.63, 3.8) is 0 Å². The zero-order chi connectivity index (χ0) is 15.5. The number of benzene rings is 1. The SMILES string of the molecule is COC(=O)NCC(=O)NS(=O)(=O)c1scc2ccccc12. The Labute approximate surface area is 125 Å². The van der Waals surface area contributed by atoms with E-state index in [2.05, 4.69) is 10.1 Å². The standard InChI is InChI=1S/C12H12N2O5S2/c1-19-12(16)13-6-10(15)14-21(17,18)11-9-5-3-2-4-8(9)7-20-11/h2-5,7H,6H2,1H3,(H,13,16)(H,14,15). The molecule has 1 aromatic heterocycles. The topological polar surface area (TPSA) is 102 Å². The molecule has 0 saturated carbocycles. The lowest BCUT2D eigenvalue weighted by molar-refractivity contribution is -0.118. The van der Waals surface area contributed by atoms with Gasteiger partial charge in [-0.1, -0.05) is 24.3 Å². The van der Waals surface area contributed by atoms with Gasteiger partial charge in [0.2, 0.25) is 0 Å². The zero-order valence-electron chi connectivity index (χ0n) is 11.0. The van der Waals surface area contributed by atoms with E-state index in [-0.39, 0.29) is 4.21 Å². The minimum atomic E-state index is -3.97. The molecule has 0 radical (unpaired) electrons. The van der Waals surface area contributed by atoms with Gasteiger partial charge >= 0.3 is 6.09 Å². The summed E-state index contributed by atoms with van der Waals surface area (Å²) in [6.45, 7) is -0.491.